The first kappa shape index (κ1) is 12.3. The van der Waals surface area contributed by atoms with E-state index in [1.54, 1.807) is 25.3 Å². The van der Waals surface area contributed by atoms with Gasteiger partial charge in [0.15, 0.2) is 0 Å². The van der Waals surface area contributed by atoms with Gasteiger partial charge in [-0.3, -0.25) is 4.79 Å². The summed E-state index contributed by atoms with van der Waals surface area (Å²) in [5.74, 6) is 0.889. The molecule has 0 unspecified atom stereocenters. The van der Waals surface area contributed by atoms with Gasteiger partial charge in [0, 0.05) is 18.7 Å². The van der Waals surface area contributed by atoms with Crippen LogP contribution in [0.3, 0.4) is 0 Å². The molecule has 1 rings (SSSR count). The largest absolute Gasteiger partial charge is 0.493 e. The van der Waals surface area contributed by atoms with Gasteiger partial charge in [-0.1, -0.05) is 0 Å². The quantitative estimate of drug-likeness (QED) is 0.583. The van der Waals surface area contributed by atoms with Crippen LogP contribution in [0.15, 0.2) is 18.3 Å². The Bertz CT molecular complexity index is 342. The number of esters is 1. The van der Waals surface area contributed by atoms with Gasteiger partial charge < -0.3 is 15.2 Å². The second kappa shape index (κ2) is 6.66. The molecule has 0 saturated heterocycles. The van der Waals surface area contributed by atoms with Crippen molar-refractivity contribution in [2.45, 2.75) is 19.8 Å². The Balaban J connectivity index is 2.18. The van der Waals surface area contributed by atoms with E-state index in [2.05, 4.69) is 4.98 Å². The van der Waals surface area contributed by atoms with Crippen molar-refractivity contribution in [2.75, 3.05) is 18.9 Å². The maximum absolute atomic E-state index is 11.0. The lowest BCUT2D eigenvalue weighted by atomic mass is 10.3. The minimum atomic E-state index is -0.194. The Hall–Kier alpha value is -1.78. The number of aromatic nitrogens is 1. The van der Waals surface area contributed by atoms with E-state index < -0.39 is 0 Å². The normalized spacial score (nSPS) is 9.81. The summed E-state index contributed by atoms with van der Waals surface area (Å²) in [6, 6.07) is 3.37. The van der Waals surface area contributed by atoms with Gasteiger partial charge in [0.2, 0.25) is 0 Å². The number of nitrogen functional groups attached to an aromatic ring is 1. The van der Waals surface area contributed by atoms with E-state index in [9.17, 15) is 4.79 Å². The molecule has 0 bridgehead atoms. The van der Waals surface area contributed by atoms with E-state index in [0.717, 1.165) is 0 Å². The fourth-order valence-electron chi connectivity index (χ4n) is 1.16. The molecular weight excluding hydrogens is 208 g/mol. The third kappa shape index (κ3) is 4.63. The molecule has 16 heavy (non-hydrogen) atoms. The van der Waals surface area contributed by atoms with Gasteiger partial charge in [0.1, 0.15) is 11.6 Å². The van der Waals surface area contributed by atoms with Crippen LogP contribution in [0.4, 0.5) is 5.82 Å². The molecule has 0 aliphatic heterocycles. The van der Waals surface area contributed by atoms with Crippen molar-refractivity contribution in [2.24, 2.45) is 0 Å². The van der Waals surface area contributed by atoms with E-state index in [0.29, 0.717) is 37.6 Å². The number of ether oxygens (including phenoxy) is 2. The average molecular weight is 224 g/mol. The summed E-state index contributed by atoms with van der Waals surface area (Å²) in [4.78, 5) is 14.8. The predicted octanol–water partition coefficient (Wildman–Crippen LogP) is 1.39. The van der Waals surface area contributed by atoms with Gasteiger partial charge in [-0.15, -0.1) is 0 Å². The lowest BCUT2D eigenvalue weighted by Crippen LogP contribution is -2.06. The SMILES string of the molecule is CCOC(=O)CCCOc1ccnc(N)c1. The third-order valence-electron chi connectivity index (χ3n) is 1.85. The highest BCUT2D eigenvalue weighted by Gasteiger charge is 2.01. The summed E-state index contributed by atoms with van der Waals surface area (Å²) in [6.45, 7) is 2.66. The van der Waals surface area contributed by atoms with Gasteiger partial charge in [0.05, 0.1) is 13.2 Å². The fourth-order valence-corrected chi connectivity index (χ4v) is 1.16. The second-order valence-electron chi connectivity index (χ2n) is 3.17. The van der Waals surface area contributed by atoms with Gasteiger partial charge in [-0.05, 0) is 19.4 Å². The number of nitrogens with zero attached hydrogens (tertiary/aromatic N) is 1. The van der Waals surface area contributed by atoms with Crippen molar-refractivity contribution in [1.29, 1.82) is 0 Å². The van der Waals surface area contributed by atoms with Gasteiger partial charge in [-0.25, -0.2) is 4.98 Å². The molecule has 1 aromatic rings. The molecule has 0 aliphatic rings. The highest BCUT2D eigenvalue weighted by Crippen LogP contribution is 2.12. The Morgan fingerprint density at radius 3 is 3.06 bits per heavy atom. The Morgan fingerprint density at radius 2 is 2.38 bits per heavy atom. The number of nitrogens with two attached hydrogens (primary N) is 1. The Labute approximate surface area is 94.6 Å². The topological polar surface area (TPSA) is 74.4 Å². The number of anilines is 1. The Morgan fingerprint density at radius 1 is 1.56 bits per heavy atom. The first-order chi connectivity index (χ1) is 7.72. The smallest absolute Gasteiger partial charge is 0.305 e. The number of carbonyl (C=O) groups is 1. The van der Waals surface area contributed by atoms with Crippen LogP contribution in [0.25, 0.3) is 0 Å². The summed E-state index contributed by atoms with van der Waals surface area (Å²) in [7, 11) is 0. The predicted molar refractivity (Wildman–Crippen MR) is 60.0 cm³/mol. The number of carbonyl (C=O) groups excluding carboxylic acids is 1. The molecular formula is C11H16N2O3. The van der Waals surface area contributed by atoms with Crippen molar-refractivity contribution in [3.05, 3.63) is 18.3 Å². The van der Waals surface area contributed by atoms with Gasteiger partial charge in [-0.2, -0.15) is 0 Å². The number of rotatable bonds is 6. The highest BCUT2D eigenvalue weighted by atomic mass is 16.5. The standard InChI is InChI=1S/C11H16N2O3/c1-2-15-11(14)4-3-7-16-9-5-6-13-10(12)8-9/h5-6,8H,2-4,7H2,1H3,(H2,12,13). The molecule has 0 aliphatic carbocycles. The van der Waals surface area contributed by atoms with Crippen LogP contribution in [-0.4, -0.2) is 24.2 Å². The van der Waals surface area contributed by atoms with Gasteiger partial charge in [0.25, 0.3) is 0 Å². The van der Waals surface area contributed by atoms with Crippen molar-refractivity contribution in [1.82, 2.24) is 4.98 Å². The molecule has 0 saturated carbocycles. The highest BCUT2D eigenvalue weighted by molar-refractivity contribution is 5.69. The van der Waals surface area contributed by atoms with Crippen molar-refractivity contribution in [3.8, 4) is 5.75 Å². The minimum Gasteiger partial charge on any atom is -0.493 e. The van der Waals surface area contributed by atoms with E-state index in [4.69, 9.17) is 15.2 Å². The minimum absolute atomic E-state index is 0.194. The van der Waals surface area contributed by atoms with E-state index in [1.165, 1.54) is 0 Å². The number of pyridine rings is 1. The molecule has 0 radical (unpaired) electrons. The first-order valence-electron chi connectivity index (χ1n) is 5.22. The van der Waals surface area contributed by atoms with Crippen LogP contribution in [-0.2, 0) is 9.53 Å². The van der Waals surface area contributed by atoms with Crippen LogP contribution in [0.5, 0.6) is 5.75 Å². The molecule has 0 spiro atoms. The lowest BCUT2D eigenvalue weighted by molar-refractivity contribution is -0.143. The molecule has 2 N–H and O–H groups in total. The van der Waals surface area contributed by atoms with Crippen molar-refractivity contribution in [3.63, 3.8) is 0 Å². The fraction of sp³-hybridized carbons (Fsp3) is 0.455. The van der Waals surface area contributed by atoms with E-state index in [-0.39, 0.29) is 5.97 Å². The summed E-state index contributed by atoms with van der Waals surface area (Å²) in [6.07, 6.45) is 2.57. The number of hydrogen-bond acceptors (Lipinski definition) is 5. The van der Waals surface area contributed by atoms with Crippen LogP contribution < -0.4 is 10.5 Å². The summed E-state index contributed by atoms with van der Waals surface area (Å²) in [5.41, 5.74) is 5.49. The maximum atomic E-state index is 11.0. The van der Waals surface area contributed by atoms with Gasteiger partial charge >= 0.3 is 5.97 Å². The summed E-state index contributed by atoms with van der Waals surface area (Å²) < 4.78 is 10.2. The van der Waals surface area contributed by atoms with Crippen LogP contribution in [0.1, 0.15) is 19.8 Å². The molecule has 5 heteroatoms. The molecule has 1 aromatic heterocycles. The summed E-state index contributed by atoms with van der Waals surface area (Å²) >= 11 is 0. The summed E-state index contributed by atoms with van der Waals surface area (Å²) in [5, 5.41) is 0. The van der Waals surface area contributed by atoms with E-state index in [1.807, 2.05) is 0 Å². The first-order valence-corrected chi connectivity index (χ1v) is 5.22. The molecule has 0 amide bonds. The van der Waals surface area contributed by atoms with Crippen molar-refractivity contribution >= 4 is 11.8 Å². The monoisotopic (exact) mass is 224 g/mol. The molecule has 0 fully saturated rings. The lowest BCUT2D eigenvalue weighted by Gasteiger charge is -2.06. The maximum Gasteiger partial charge on any atom is 0.305 e. The van der Waals surface area contributed by atoms with E-state index >= 15 is 0 Å². The van der Waals surface area contributed by atoms with Crippen LogP contribution in [0.2, 0.25) is 0 Å². The van der Waals surface area contributed by atoms with Crippen molar-refractivity contribution < 1.29 is 14.3 Å². The molecule has 0 aromatic carbocycles. The third-order valence-corrected chi connectivity index (χ3v) is 1.85. The molecule has 88 valence electrons. The molecule has 0 atom stereocenters. The second-order valence-corrected chi connectivity index (χ2v) is 3.17. The number of hydrogen-bond donors (Lipinski definition) is 1. The zero-order valence-electron chi connectivity index (χ0n) is 9.31. The molecule has 5 nitrogen and oxygen atoms in total. The van der Waals surface area contributed by atoms with Crippen LogP contribution in [0, 0.1) is 0 Å². The average Bonchev–Trinajstić information content (AvgIpc) is 2.25. The zero-order chi connectivity index (χ0) is 11.8. The molecule has 1 heterocycles. The zero-order valence-corrected chi connectivity index (χ0v) is 9.31. The Kier molecular flexibility index (Phi) is 5.11. The van der Waals surface area contributed by atoms with Crippen LogP contribution >= 0.6 is 0 Å².